The topological polar surface area (TPSA) is 36.8 Å². The Balaban J connectivity index is 1.46. The molecular formula is C23H31FN3O+. The Morgan fingerprint density at radius 2 is 1.82 bits per heavy atom. The van der Waals surface area contributed by atoms with Gasteiger partial charge in [0.25, 0.3) is 5.91 Å². The molecule has 1 aliphatic heterocycles. The molecular weight excluding hydrogens is 353 g/mol. The molecule has 2 aromatic carbocycles. The molecule has 2 aromatic rings. The van der Waals surface area contributed by atoms with Gasteiger partial charge in [0.2, 0.25) is 0 Å². The molecule has 0 saturated carbocycles. The summed E-state index contributed by atoms with van der Waals surface area (Å²) in [6, 6.07) is 12.9. The molecule has 0 aliphatic carbocycles. The number of piperazine rings is 1. The summed E-state index contributed by atoms with van der Waals surface area (Å²) in [7, 11) is 0. The fourth-order valence-electron chi connectivity index (χ4n) is 3.87. The van der Waals surface area contributed by atoms with Crippen molar-refractivity contribution < 1.29 is 14.1 Å². The summed E-state index contributed by atoms with van der Waals surface area (Å²) in [5.41, 5.74) is 5.01. The molecule has 28 heavy (non-hydrogen) atoms. The molecule has 1 atom stereocenters. The molecule has 0 bridgehead atoms. The molecule has 2 N–H and O–H groups in total. The number of anilines is 1. The number of benzene rings is 2. The van der Waals surface area contributed by atoms with E-state index in [-0.39, 0.29) is 17.8 Å². The lowest BCUT2D eigenvalue weighted by molar-refractivity contribution is -0.914. The zero-order valence-electron chi connectivity index (χ0n) is 17.1. The first kappa shape index (κ1) is 20.3. The Labute approximate surface area is 167 Å². The van der Waals surface area contributed by atoms with Crippen LogP contribution in [0.4, 0.5) is 10.1 Å². The summed E-state index contributed by atoms with van der Waals surface area (Å²) in [6.45, 7) is 10.8. The Morgan fingerprint density at radius 3 is 2.50 bits per heavy atom. The first-order chi connectivity index (χ1) is 13.5. The van der Waals surface area contributed by atoms with Gasteiger partial charge in [0, 0.05) is 12.2 Å². The number of aryl methyl sites for hydroxylation is 1. The van der Waals surface area contributed by atoms with Gasteiger partial charge < -0.3 is 15.1 Å². The van der Waals surface area contributed by atoms with E-state index in [1.165, 1.54) is 33.8 Å². The minimum atomic E-state index is -0.231. The maximum Gasteiger partial charge on any atom is 0.278 e. The Bertz CT molecular complexity index is 798. The van der Waals surface area contributed by atoms with E-state index in [0.717, 1.165) is 31.7 Å². The van der Waals surface area contributed by atoms with E-state index < -0.39 is 0 Å². The van der Waals surface area contributed by atoms with Gasteiger partial charge in [-0.05, 0) is 62.1 Å². The molecule has 5 heteroatoms. The maximum absolute atomic E-state index is 13.0. The standard InChI is InChI=1S/C23H30FN3O/c1-17-5-4-6-22(18(17)2)27-15-13-26(14-16-27)19(3)23(28)25-12-11-20-7-9-21(24)10-8-20/h4-10,19H,11-16H2,1-3H3,(H,25,28)/p+1/t19-/m0/s1. The number of carbonyl (C=O) groups excluding carboxylic acids is 1. The second-order valence-corrected chi connectivity index (χ2v) is 7.75. The molecule has 1 aliphatic rings. The van der Waals surface area contributed by atoms with Crippen molar-refractivity contribution >= 4 is 11.6 Å². The quantitative estimate of drug-likeness (QED) is 0.798. The summed E-state index contributed by atoms with van der Waals surface area (Å²) < 4.78 is 13.0. The van der Waals surface area contributed by atoms with Gasteiger partial charge in [-0.3, -0.25) is 4.79 Å². The van der Waals surface area contributed by atoms with Crippen LogP contribution in [0, 0.1) is 19.7 Å². The molecule has 150 valence electrons. The number of amides is 1. The average molecular weight is 385 g/mol. The summed E-state index contributed by atoms with van der Waals surface area (Å²) >= 11 is 0. The van der Waals surface area contributed by atoms with E-state index >= 15 is 0 Å². The van der Waals surface area contributed by atoms with Crippen LogP contribution in [0.3, 0.4) is 0 Å². The van der Waals surface area contributed by atoms with Gasteiger partial charge in [-0.1, -0.05) is 24.3 Å². The van der Waals surface area contributed by atoms with Gasteiger partial charge in [0.15, 0.2) is 6.04 Å². The highest BCUT2D eigenvalue weighted by Gasteiger charge is 2.29. The van der Waals surface area contributed by atoms with Crippen molar-refractivity contribution in [3.8, 4) is 0 Å². The van der Waals surface area contributed by atoms with Gasteiger partial charge in [-0.25, -0.2) is 4.39 Å². The summed E-state index contributed by atoms with van der Waals surface area (Å²) in [6.07, 6.45) is 0.717. The van der Waals surface area contributed by atoms with Crippen LogP contribution in [-0.4, -0.2) is 44.7 Å². The number of quaternary nitrogens is 1. The lowest BCUT2D eigenvalue weighted by atomic mass is 10.1. The van der Waals surface area contributed by atoms with Gasteiger partial charge in [-0.15, -0.1) is 0 Å². The molecule has 1 fully saturated rings. The van der Waals surface area contributed by atoms with Gasteiger partial charge in [0.1, 0.15) is 5.82 Å². The molecule has 4 nitrogen and oxygen atoms in total. The first-order valence-corrected chi connectivity index (χ1v) is 10.1. The number of nitrogens with one attached hydrogen (secondary N) is 2. The highest BCUT2D eigenvalue weighted by molar-refractivity contribution is 5.79. The van der Waals surface area contributed by atoms with E-state index in [0.29, 0.717) is 13.0 Å². The highest BCUT2D eigenvalue weighted by Crippen LogP contribution is 2.22. The lowest BCUT2D eigenvalue weighted by Gasteiger charge is -2.36. The predicted octanol–water partition coefficient (Wildman–Crippen LogP) is 1.89. The van der Waals surface area contributed by atoms with Crippen LogP contribution >= 0.6 is 0 Å². The summed E-state index contributed by atoms with van der Waals surface area (Å²) in [5, 5.41) is 3.04. The third-order valence-corrected chi connectivity index (χ3v) is 5.95. The SMILES string of the molecule is Cc1cccc(N2CC[NH+]([C@@H](C)C(=O)NCCc3ccc(F)cc3)CC2)c1C. The van der Waals surface area contributed by atoms with Crippen LogP contribution in [0.25, 0.3) is 0 Å². The first-order valence-electron chi connectivity index (χ1n) is 10.1. The molecule has 0 unspecified atom stereocenters. The fraction of sp³-hybridized carbons (Fsp3) is 0.435. The highest BCUT2D eigenvalue weighted by atomic mass is 19.1. The Kier molecular flexibility index (Phi) is 6.68. The van der Waals surface area contributed by atoms with Crippen molar-refractivity contribution in [2.75, 3.05) is 37.6 Å². The average Bonchev–Trinajstić information content (AvgIpc) is 2.71. The largest absolute Gasteiger partial charge is 0.360 e. The third kappa shape index (κ3) is 4.90. The maximum atomic E-state index is 13.0. The number of rotatable bonds is 6. The second-order valence-electron chi connectivity index (χ2n) is 7.75. The molecule has 0 aromatic heterocycles. The van der Waals surface area contributed by atoms with Crippen molar-refractivity contribution in [2.45, 2.75) is 33.2 Å². The Morgan fingerprint density at radius 1 is 1.14 bits per heavy atom. The molecule has 1 amide bonds. The summed E-state index contributed by atoms with van der Waals surface area (Å²) in [4.78, 5) is 16.3. The van der Waals surface area contributed by atoms with Crippen molar-refractivity contribution in [3.05, 3.63) is 65.0 Å². The predicted molar refractivity (Wildman–Crippen MR) is 111 cm³/mol. The smallest absolute Gasteiger partial charge is 0.278 e. The van der Waals surface area contributed by atoms with E-state index in [2.05, 4.69) is 42.3 Å². The molecule has 1 heterocycles. The van der Waals surface area contributed by atoms with E-state index in [4.69, 9.17) is 0 Å². The second kappa shape index (κ2) is 9.20. The fourth-order valence-corrected chi connectivity index (χ4v) is 3.87. The minimum absolute atomic E-state index is 0.0611. The van der Waals surface area contributed by atoms with E-state index in [9.17, 15) is 9.18 Å². The van der Waals surface area contributed by atoms with Crippen LogP contribution in [0.2, 0.25) is 0 Å². The lowest BCUT2D eigenvalue weighted by Crippen LogP contribution is -3.19. The normalized spacial score (nSPS) is 16.1. The van der Waals surface area contributed by atoms with Crippen LogP contribution in [-0.2, 0) is 11.2 Å². The molecule has 1 saturated heterocycles. The van der Waals surface area contributed by atoms with Gasteiger partial charge >= 0.3 is 0 Å². The number of hydrogen-bond donors (Lipinski definition) is 2. The Hall–Kier alpha value is -2.40. The number of hydrogen-bond acceptors (Lipinski definition) is 2. The van der Waals surface area contributed by atoms with Gasteiger partial charge in [0.05, 0.1) is 26.2 Å². The monoisotopic (exact) mass is 384 g/mol. The third-order valence-electron chi connectivity index (χ3n) is 5.95. The van der Waals surface area contributed by atoms with Crippen LogP contribution in [0.5, 0.6) is 0 Å². The minimum Gasteiger partial charge on any atom is -0.360 e. The van der Waals surface area contributed by atoms with Crippen molar-refractivity contribution in [2.24, 2.45) is 0 Å². The molecule has 0 spiro atoms. The van der Waals surface area contributed by atoms with E-state index in [1.807, 2.05) is 6.92 Å². The molecule has 3 rings (SSSR count). The van der Waals surface area contributed by atoms with E-state index in [1.54, 1.807) is 12.1 Å². The van der Waals surface area contributed by atoms with Crippen molar-refractivity contribution in [3.63, 3.8) is 0 Å². The summed E-state index contributed by atoms with van der Waals surface area (Å²) in [5.74, 6) is -0.137. The van der Waals surface area contributed by atoms with Gasteiger partial charge in [-0.2, -0.15) is 0 Å². The number of carbonyl (C=O) groups is 1. The van der Waals surface area contributed by atoms with Crippen LogP contribution < -0.4 is 15.1 Å². The van der Waals surface area contributed by atoms with Crippen LogP contribution in [0.1, 0.15) is 23.6 Å². The number of halogens is 1. The van der Waals surface area contributed by atoms with Crippen LogP contribution in [0.15, 0.2) is 42.5 Å². The van der Waals surface area contributed by atoms with Crippen molar-refractivity contribution in [1.29, 1.82) is 0 Å². The zero-order chi connectivity index (χ0) is 20.1. The van der Waals surface area contributed by atoms with Crippen molar-refractivity contribution in [1.82, 2.24) is 5.32 Å². The molecule has 0 radical (unpaired) electrons. The number of nitrogens with zero attached hydrogens (tertiary/aromatic N) is 1. The zero-order valence-corrected chi connectivity index (χ0v) is 17.1.